The Morgan fingerprint density at radius 1 is 1.43 bits per heavy atom. The number of amides is 2. The number of carbonyl (C=O) groups is 2. The lowest BCUT2D eigenvalue weighted by Crippen LogP contribution is -2.19. The summed E-state index contributed by atoms with van der Waals surface area (Å²) in [4.78, 5) is 29.4. The van der Waals surface area contributed by atoms with Crippen LogP contribution in [0.4, 0.5) is 5.00 Å². The molecule has 1 aliphatic carbocycles. The van der Waals surface area contributed by atoms with Gasteiger partial charge in [0.05, 0.1) is 11.1 Å². The molecule has 120 valence electrons. The maximum Gasteiger partial charge on any atom is 0.257 e. The molecule has 0 fully saturated rings. The molecule has 0 spiro atoms. The van der Waals surface area contributed by atoms with Crippen molar-refractivity contribution in [2.45, 2.75) is 26.2 Å². The fourth-order valence-corrected chi connectivity index (χ4v) is 4.59. The first-order valence-electron chi connectivity index (χ1n) is 7.32. The number of primary amides is 1. The minimum absolute atomic E-state index is 0.298. The number of nitrogens with two attached hydrogens (primary N) is 1. The van der Waals surface area contributed by atoms with Gasteiger partial charge in [-0.1, -0.05) is 6.92 Å². The van der Waals surface area contributed by atoms with Crippen LogP contribution in [-0.4, -0.2) is 16.8 Å². The first-order chi connectivity index (χ1) is 11.0. The molecule has 0 aliphatic heterocycles. The predicted octanol–water partition coefficient (Wildman–Crippen LogP) is 3.38. The Morgan fingerprint density at radius 3 is 2.91 bits per heavy atom. The van der Waals surface area contributed by atoms with E-state index in [1.54, 1.807) is 12.3 Å². The number of aromatic nitrogens is 1. The topological polar surface area (TPSA) is 85.1 Å². The number of hydrogen-bond acceptors (Lipinski definition) is 4. The van der Waals surface area contributed by atoms with E-state index < -0.39 is 5.91 Å². The van der Waals surface area contributed by atoms with Crippen molar-refractivity contribution in [2.24, 2.45) is 11.7 Å². The highest BCUT2D eigenvalue weighted by atomic mass is 79.9. The highest BCUT2D eigenvalue weighted by molar-refractivity contribution is 9.10. The third-order valence-corrected chi connectivity index (χ3v) is 5.56. The summed E-state index contributed by atoms with van der Waals surface area (Å²) in [5.74, 6) is -0.202. The summed E-state index contributed by atoms with van der Waals surface area (Å²) < 4.78 is 0.722. The van der Waals surface area contributed by atoms with Gasteiger partial charge >= 0.3 is 0 Å². The Kier molecular flexibility index (Phi) is 4.50. The lowest BCUT2D eigenvalue weighted by Gasteiger charge is -2.18. The summed E-state index contributed by atoms with van der Waals surface area (Å²) in [6.07, 6.45) is 5.89. The van der Waals surface area contributed by atoms with Crippen molar-refractivity contribution in [1.82, 2.24) is 4.98 Å². The zero-order chi connectivity index (χ0) is 16.6. The molecule has 3 rings (SSSR count). The first kappa shape index (κ1) is 16.1. The van der Waals surface area contributed by atoms with E-state index >= 15 is 0 Å². The highest BCUT2D eigenvalue weighted by Crippen LogP contribution is 2.39. The van der Waals surface area contributed by atoms with E-state index in [0.717, 1.165) is 34.2 Å². The molecule has 0 radical (unpaired) electrons. The Morgan fingerprint density at radius 2 is 2.22 bits per heavy atom. The number of anilines is 1. The molecule has 7 heteroatoms. The van der Waals surface area contributed by atoms with E-state index in [-0.39, 0.29) is 5.91 Å². The van der Waals surface area contributed by atoms with Crippen molar-refractivity contribution in [2.75, 3.05) is 5.32 Å². The quantitative estimate of drug-likeness (QED) is 0.837. The van der Waals surface area contributed by atoms with Crippen LogP contribution in [0, 0.1) is 5.92 Å². The van der Waals surface area contributed by atoms with E-state index in [4.69, 9.17) is 5.73 Å². The molecule has 0 aromatic carbocycles. The second-order valence-electron chi connectivity index (χ2n) is 5.77. The summed E-state index contributed by atoms with van der Waals surface area (Å²) in [5.41, 5.74) is 7.45. The molecule has 0 saturated heterocycles. The van der Waals surface area contributed by atoms with Crippen LogP contribution in [0.15, 0.2) is 22.9 Å². The number of hydrogen-bond donors (Lipinski definition) is 2. The van der Waals surface area contributed by atoms with Gasteiger partial charge in [-0.2, -0.15) is 0 Å². The van der Waals surface area contributed by atoms with Gasteiger partial charge in [-0.3, -0.25) is 14.6 Å². The molecule has 0 saturated carbocycles. The van der Waals surface area contributed by atoms with E-state index in [1.165, 1.54) is 17.5 Å². The second kappa shape index (κ2) is 6.41. The van der Waals surface area contributed by atoms with Crippen LogP contribution >= 0.6 is 27.3 Å². The van der Waals surface area contributed by atoms with Crippen LogP contribution in [0.25, 0.3) is 0 Å². The third kappa shape index (κ3) is 3.30. The van der Waals surface area contributed by atoms with Gasteiger partial charge < -0.3 is 11.1 Å². The maximum atomic E-state index is 12.4. The van der Waals surface area contributed by atoms with Crippen molar-refractivity contribution in [3.63, 3.8) is 0 Å². The monoisotopic (exact) mass is 393 g/mol. The van der Waals surface area contributed by atoms with Gasteiger partial charge in [0.2, 0.25) is 0 Å². The predicted molar refractivity (Wildman–Crippen MR) is 93.9 cm³/mol. The molecule has 2 amide bonds. The van der Waals surface area contributed by atoms with Crippen molar-refractivity contribution in [3.05, 3.63) is 44.5 Å². The zero-order valence-corrected chi connectivity index (χ0v) is 15.0. The first-order valence-corrected chi connectivity index (χ1v) is 8.93. The lowest BCUT2D eigenvalue weighted by atomic mass is 9.88. The molecule has 2 aromatic rings. The van der Waals surface area contributed by atoms with E-state index in [0.29, 0.717) is 22.0 Å². The summed E-state index contributed by atoms with van der Waals surface area (Å²) in [7, 11) is 0. The van der Waals surface area contributed by atoms with Crippen LogP contribution in [-0.2, 0) is 12.8 Å². The van der Waals surface area contributed by atoms with Gasteiger partial charge in [0.25, 0.3) is 11.8 Å². The summed E-state index contributed by atoms with van der Waals surface area (Å²) >= 11 is 4.75. The molecule has 0 unspecified atom stereocenters. The fourth-order valence-electron chi connectivity index (χ4n) is 2.81. The molecular weight excluding hydrogens is 378 g/mol. The summed E-state index contributed by atoms with van der Waals surface area (Å²) in [6.45, 7) is 2.19. The molecule has 2 heterocycles. The Bertz CT molecular complexity index is 788. The Hall–Kier alpha value is -1.73. The largest absolute Gasteiger partial charge is 0.365 e. The number of rotatable bonds is 3. The number of thiophene rings is 1. The van der Waals surface area contributed by atoms with Crippen molar-refractivity contribution < 1.29 is 9.59 Å². The number of fused-ring (bicyclic) bond motifs is 1. The molecule has 3 N–H and O–H groups in total. The fraction of sp³-hybridized carbons (Fsp3) is 0.312. The van der Waals surface area contributed by atoms with Crippen LogP contribution in [0.2, 0.25) is 0 Å². The highest BCUT2D eigenvalue weighted by Gasteiger charge is 2.27. The minimum Gasteiger partial charge on any atom is -0.365 e. The molecule has 23 heavy (non-hydrogen) atoms. The average Bonchev–Trinajstić information content (AvgIpc) is 2.84. The zero-order valence-electron chi connectivity index (χ0n) is 12.6. The van der Waals surface area contributed by atoms with Gasteiger partial charge in [0, 0.05) is 21.7 Å². The smallest absolute Gasteiger partial charge is 0.257 e. The third-order valence-electron chi connectivity index (χ3n) is 3.95. The van der Waals surface area contributed by atoms with E-state index in [1.807, 2.05) is 0 Å². The number of nitrogens with zero attached hydrogens (tertiary/aromatic N) is 1. The summed E-state index contributed by atoms with van der Waals surface area (Å²) in [5, 5.41) is 3.37. The van der Waals surface area contributed by atoms with Crippen LogP contribution in [0.5, 0.6) is 0 Å². The number of halogens is 1. The van der Waals surface area contributed by atoms with Crippen molar-refractivity contribution in [1.29, 1.82) is 0 Å². The van der Waals surface area contributed by atoms with Gasteiger partial charge in [-0.15, -0.1) is 11.3 Å². The van der Waals surface area contributed by atoms with E-state index in [2.05, 4.69) is 33.2 Å². The molecule has 2 aromatic heterocycles. The minimum atomic E-state index is -0.486. The van der Waals surface area contributed by atoms with Crippen LogP contribution in [0.1, 0.15) is 44.5 Å². The Balaban J connectivity index is 1.94. The van der Waals surface area contributed by atoms with Crippen molar-refractivity contribution >= 4 is 44.1 Å². The van der Waals surface area contributed by atoms with Crippen molar-refractivity contribution in [3.8, 4) is 0 Å². The second-order valence-corrected chi connectivity index (χ2v) is 7.79. The Labute approximate surface area is 146 Å². The number of pyridine rings is 1. The molecular formula is C16H16BrN3O2S. The van der Waals surface area contributed by atoms with Gasteiger partial charge in [-0.05, 0) is 52.7 Å². The molecule has 1 aliphatic rings. The van der Waals surface area contributed by atoms with Gasteiger partial charge in [0.1, 0.15) is 5.00 Å². The lowest BCUT2D eigenvalue weighted by molar-refractivity contribution is 0.1000. The molecule has 0 bridgehead atoms. The SMILES string of the molecule is C[C@@H]1CCc2c(sc(NC(=O)c3cncc(Br)c3)c2C(N)=O)C1. The molecule has 5 nitrogen and oxygen atoms in total. The molecule has 1 atom stereocenters. The van der Waals surface area contributed by atoms with E-state index in [9.17, 15) is 9.59 Å². The standard InChI is InChI=1S/C16H16BrN3O2S/c1-8-2-3-11-12(4-8)23-16(13(11)14(18)21)20-15(22)9-5-10(17)7-19-6-9/h5-8H,2-4H2,1H3,(H2,18,21)(H,20,22)/t8-/m1/s1. The van der Waals surface area contributed by atoms with Crippen LogP contribution < -0.4 is 11.1 Å². The average molecular weight is 394 g/mol. The maximum absolute atomic E-state index is 12.4. The van der Waals surface area contributed by atoms with Crippen LogP contribution in [0.3, 0.4) is 0 Å². The number of carbonyl (C=O) groups excluding carboxylic acids is 2. The van der Waals surface area contributed by atoms with Gasteiger partial charge in [0.15, 0.2) is 0 Å². The summed E-state index contributed by atoms with van der Waals surface area (Å²) in [6, 6.07) is 1.68. The van der Waals surface area contributed by atoms with Gasteiger partial charge in [-0.25, -0.2) is 0 Å². The number of nitrogens with one attached hydrogen (secondary N) is 1. The normalized spacial score (nSPS) is 16.7.